The summed E-state index contributed by atoms with van der Waals surface area (Å²) in [6, 6.07) is 7.43. The van der Waals surface area contributed by atoms with Gasteiger partial charge in [0.25, 0.3) is 11.5 Å². The van der Waals surface area contributed by atoms with Gasteiger partial charge < -0.3 is 10.1 Å². The second kappa shape index (κ2) is 8.78. The van der Waals surface area contributed by atoms with Crippen molar-refractivity contribution in [3.05, 3.63) is 63.2 Å². The molecule has 0 radical (unpaired) electrons. The van der Waals surface area contributed by atoms with Crippen LogP contribution in [0.5, 0.6) is 0 Å². The number of carbonyl (C=O) groups is 1. The van der Waals surface area contributed by atoms with E-state index in [1.807, 2.05) is 0 Å². The molecule has 3 aromatic rings. The van der Waals surface area contributed by atoms with E-state index < -0.39 is 15.9 Å². The maximum Gasteiger partial charge on any atom is 0.256 e. The zero-order valence-corrected chi connectivity index (χ0v) is 19.4. The number of morpholine rings is 1. The Morgan fingerprint density at radius 3 is 2.62 bits per heavy atom. The molecule has 12 heteroatoms. The lowest BCUT2D eigenvalue weighted by Gasteiger charge is -2.26. The maximum atomic E-state index is 12.9. The summed E-state index contributed by atoms with van der Waals surface area (Å²) in [5, 5.41) is 7.14. The zero-order chi connectivity index (χ0) is 23.9. The van der Waals surface area contributed by atoms with E-state index in [1.165, 1.54) is 33.3 Å². The monoisotopic (exact) mass is 484 g/mol. The highest BCUT2D eigenvalue weighted by Gasteiger charge is 2.26. The minimum Gasteiger partial charge on any atom is -0.379 e. The molecule has 5 rings (SSSR count). The third-order valence-electron chi connectivity index (χ3n) is 5.93. The number of sulfonamides is 1. The van der Waals surface area contributed by atoms with Crippen LogP contribution in [0.3, 0.4) is 0 Å². The first-order valence-corrected chi connectivity index (χ1v) is 12.5. The van der Waals surface area contributed by atoms with Crippen molar-refractivity contribution >= 4 is 21.7 Å². The molecule has 2 aliphatic rings. The number of amides is 1. The Morgan fingerprint density at radius 1 is 1.15 bits per heavy atom. The fourth-order valence-electron chi connectivity index (χ4n) is 4.18. The number of H-pyrrole nitrogens is 1. The van der Waals surface area contributed by atoms with Crippen molar-refractivity contribution in [2.24, 2.45) is 0 Å². The van der Waals surface area contributed by atoms with E-state index in [0.717, 1.165) is 18.5 Å². The smallest absolute Gasteiger partial charge is 0.256 e. The second-order valence-corrected chi connectivity index (χ2v) is 10.2. The molecule has 34 heavy (non-hydrogen) atoms. The predicted octanol–water partition coefficient (Wildman–Crippen LogP) is 1.03. The molecular formula is C22H24N6O5S. The number of fused-ring (bicyclic) bond motifs is 1. The van der Waals surface area contributed by atoms with Gasteiger partial charge in [-0.05, 0) is 50.5 Å². The van der Waals surface area contributed by atoms with Gasteiger partial charge in [-0.2, -0.15) is 14.1 Å². The number of rotatable bonds is 5. The highest BCUT2D eigenvalue weighted by atomic mass is 32.2. The van der Waals surface area contributed by atoms with Crippen molar-refractivity contribution in [1.29, 1.82) is 0 Å². The van der Waals surface area contributed by atoms with Gasteiger partial charge in [-0.3, -0.25) is 14.6 Å². The van der Waals surface area contributed by atoms with E-state index in [1.54, 1.807) is 13.0 Å². The molecule has 2 aromatic heterocycles. The summed E-state index contributed by atoms with van der Waals surface area (Å²) in [4.78, 5) is 32.7. The van der Waals surface area contributed by atoms with E-state index in [-0.39, 0.29) is 22.0 Å². The molecule has 0 atom stereocenters. The van der Waals surface area contributed by atoms with Crippen LogP contribution in [0.25, 0.3) is 5.95 Å². The number of nitrogens with zero attached hydrogens (tertiary/aromatic N) is 4. The first kappa shape index (κ1) is 22.4. The van der Waals surface area contributed by atoms with Gasteiger partial charge in [-0.1, -0.05) is 0 Å². The van der Waals surface area contributed by atoms with Crippen LogP contribution in [0.2, 0.25) is 0 Å². The van der Waals surface area contributed by atoms with Gasteiger partial charge in [0.2, 0.25) is 16.0 Å². The van der Waals surface area contributed by atoms with Crippen LogP contribution < -0.4 is 10.9 Å². The van der Waals surface area contributed by atoms with Gasteiger partial charge >= 0.3 is 0 Å². The first-order valence-electron chi connectivity index (χ1n) is 11.0. The SMILES string of the molecule is Cc1cc(NC(=O)c2ccc(S(=O)(=O)N3CCOCC3)cc2)n(-c2nc3c(c(=O)[nH]2)CCC3)n1. The van der Waals surface area contributed by atoms with Crippen molar-refractivity contribution in [3.8, 4) is 5.95 Å². The third-order valence-corrected chi connectivity index (χ3v) is 7.84. The number of hydrogen-bond acceptors (Lipinski definition) is 7. The highest BCUT2D eigenvalue weighted by molar-refractivity contribution is 7.89. The Kier molecular flexibility index (Phi) is 5.80. The van der Waals surface area contributed by atoms with Gasteiger partial charge in [0, 0.05) is 30.3 Å². The van der Waals surface area contributed by atoms with Crippen LogP contribution in [-0.4, -0.2) is 64.7 Å². The Morgan fingerprint density at radius 2 is 1.88 bits per heavy atom. The van der Waals surface area contributed by atoms with E-state index in [2.05, 4.69) is 20.4 Å². The number of aromatic amines is 1. The number of ether oxygens (including phenoxy) is 1. The third kappa shape index (κ3) is 4.15. The van der Waals surface area contributed by atoms with Gasteiger partial charge in [-0.15, -0.1) is 0 Å². The molecule has 3 heterocycles. The van der Waals surface area contributed by atoms with E-state index in [9.17, 15) is 18.0 Å². The summed E-state index contributed by atoms with van der Waals surface area (Å²) < 4.78 is 33.6. The minimum absolute atomic E-state index is 0.117. The molecule has 0 bridgehead atoms. The largest absolute Gasteiger partial charge is 0.379 e. The summed E-state index contributed by atoms with van der Waals surface area (Å²) in [6.45, 7) is 3.08. The lowest BCUT2D eigenvalue weighted by atomic mass is 10.2. The normalized spacial score (nSPS) is 16.4. The molecule has 0 unspecified atom stereocenters. The number of nitrogens with one attached hydrogen (secondary N) is 2. The molecule has 178 valence electrons. The summed E-state index contributed by atoms with van der Waals surface area (Å²) in [6.07, 6.45) is 2.32. The van der Waals surface area contributed by atoms with Gasteiger partial charge in [0.05, 0.1) is 29.5 Å². The van der Waals surface area contributed by atoms with Crippen LogP contribution in [0.15, 0.2) is 40.0 Å². The van der Waals surface area contributed by atoms with E-state index in [0.29, 0.717) is 49.8 Å². The minimum atomic E-state index is -3.65. The number of carbonyl (C=O) groups excluding carboxylic acids is 1. The zero-order valence-electron chi connectivity index (χ0n) is 18.6. The number of benzene rings is 1. The Bertz CT molecular complexity index is 1400. The Balaban J connectivity index is 1.38. The molecule has 1 aromatic carbocycles. The van der Waals surface area contributed by atoms with Gasteiger partial charge in [0.15, 0.2) is 0 Å². The summed E-state index contributed by atoms with van der Waals surface area (Å²) in [5.74, 6) is 0.134. The van der Waals surface area contributed by atoms with E-state index >= 15 is 0 Å². The predicted molar refractivity (Wildman–Crippen MR) is 123 cm³/mol. The van der Waals surface area contributed by atoms with Gasteiger partial charge in [0.1, 0.15) is 5.82 Å². The molecule has 0 spiro atoms. The van der Waals surface area contributed by atoms with Crippen LogP contribution in [-0.2, 0) is 27.6 Å². The molecular weight excluding hydrogens is 460 g/mol. The molecule has 1 amide bonds. The molecule has 1 aliphatic heterocycles. The van der Waals surface area contributed by atoms with Crippen molar-refractivity contribution in [3.63, 3.8) is 0 Å². The van der Waals surface area contributed by atoms with Crippen molar-refractivity contribution in [2.75, 3.05) is 31.6 Å². The number of anilines is 1. The number of aryl methyl sites for hydroxylation is 2. The molecule has 2 N–H and O–H groups in total. The molecule has 1 saturated heterocycles. The number of hydrogen-bond donors (Lipinski definition) is 2. The molecule has 1 fully saturated rings. The average Bonchev–Trinajstić information content (AvgIpc) is 3.46. The lowest BCUT2D eigenvalue weighted by Crippen LogP contribution is -2.40. The summed E-state index contributed by atoms with van der Waals surface area (Å²) in [7, 11) is -3.65. The fourth-order valence-corrected chi connectivity index (χ4v) is 5.59. The highest BCUT2D eigenvalue weighted by Crippen LogP contribution is 2.21. The Hall–Kier alpha value is -3.35. The van der Waals surface area contributed by atoms with Crippen molar-refractivity contribution in [2.45, 2.75) is 31.1 Å². The van der Waals surface area contributed by atoms with Crippen LogP contribution >= 0.6 is 0 Å². The number of aromatic nitrogens is 4. The molecule has 1 aliphatic carbocycles. The van der Waals surface area contributed by atoms with Crippen molar-refractivity contribution in [1.82, 2.24) is 24.1 Å². The Labute approximate surface area is 195 Å². The molecule has 0 saturated carbocycles. The second-order valence-electron chi connectivity index (χ2n) is 8.25. The quantitative estimate of drug-likeness (QED) is 0.551. The molecule has 11 nitrogen and oxygen atoms in total. The van der Waals surface area contributed by atoms with Crippen molar-refractivity contribution < 1.29 is 17.9 Å². The summed E-state index contributed by atoms with van der Waals surface area (Å²) >= 11 is 0. The van der Waals surface area contributed by atoms with Crippen LogP contribution in [0.4, 0.5) is 5.82 Å². The first-order chi connectivity index (χ1) is 16.3. The van der Waals surface area contributed by atoms with Crippen LogP contribution in [0, 0.1) is 6.92 Å². The lowest BCUT2D eigenvalue weighted by molar-refractivity contribution is 0.0730. The summed E-state index contributed by atoms with van der Waals surface area (Å²) in [5.41, 5.74) is 2.17. The fraction of sp³-hybridized carbons (Fsp3) is 0.364. The van der Waals surface area contributed by atoms with Crippen LogP contribution in [0.1, 0.15) is 33.7 Å². The van der Waals surface area contributed by atoms with Gasteiger partial charge in [-0.25, -0.2) is 13.4 Å². The topological polar surface area (TPSA) is 139 Å². The maximum absolute atomic E-state index is 12.9. The standard InChI is InChI=1S/C22H24N6O5S/c1-14-13-19(28(26-14)22-23-18-4-2-3-17(18)21(30)25-22)24-20(29)15-5-7-16(8-6-15)34(31,32)27-9-11-33-12-10-27/h5-8,13H,2-4,9-12H2,1H3,(H,24,29)(H,23,25,30). The van der Waals surface area contributed by atoms with E-state index in [4.69, 9.17) is 4.74 Å². The average molecular weight is 485 g/mol.